The lowest BCUT2D eigenvalue weighted by atomic mass is 9.70. The second kappa shape index (κ2) is 16.1. The van der Waals surface area contributed by atoms with E-state index in [9.17, 15) is 0 Å². The normalized spacial score (nSPS) is 14.0. The second-order valence-electron chi connectivity index (χ2n) is 22.6. The highest BCUT2D eigenvalue weighted by Crippen LogP contribution is 2.63. The highest BCUT2D eigenvalue weighted by atomic mass is 15.0. The molecule has 0 unspecified atom stereocenters. The number of benzene rings is 12. The van der Waals surface area contributed by atoms with Gasteiger partial charge >= 0.3 is 0 Å². The van der Waals surface area contributed by atoms with Crippen molar-refractivity contribution in [1.29, 1.82) is 0 Å². The second-order valence-corrected chi connectivity index (χ2v) is 22.6. The molecule has 368 valence electrons. The maximum Gasteiger partial charge on any atom is 0.0727 e. The van der Waals surface area contributed by atoms with Gasteiger partial charge in [-0.3, -0.25) is 0 Å². The highest BCUT2D eigenvalue weighted by molar-refractivity contribution is 6.12. The first-order chi connectivity index (χ1) is 39.1. The van der Waals surface area contributed by atoms with E-state index in [1.54, 1.807) is 0 Å². The van der Waals surface area contributed by atoms with Gasteiger partial charge in [-0.05, 0) is 210 Å². The summed E-state index contributed by atoms with van der Waals surface area (Å²) in [6.45, 7) is 0. The summed E-state index contributed by atoms with van der Waals surface area (Å²) in [5.41, 5.74) is 33.1. The third-order valence-corrected chi connectivity index (χ3v) is 18.7. The van der Waals surface area contributed by atoms with Crippen molar-refractivity contribution in [3.8, 4) is 78.1 Å². The maximum atomic E-state index is 2.53. The predicted octanol–water partition coefficient (Wildman–Crippen LogP) is 19.1. The molecule has 0 saturated carbocycles. The van der Waals surface area contributed by atoms with Gasteiger partial charge in [0, 0.05) is 32.9 Å². The van der Waals surface area contributed by atoms with Crippen molar-refractivity contribution in [2.45, 2.75) is 31.1 Å². The molecular weight excluding hydrogens is 953 g/mol. The van der Waals surface area contributed by atoms with Gasteiger partial charge in [0.1, 0.15) is 0 Å². The van der Waals surface area contributed by atoms with E-state index in [1.807, 2.05) is 0 Å². The van der Waals surface area contributed by atoms with Gasteiger partial charge in [0.25, 0.3) is 0 Å². The van der Waals surface area contributed by atoms with Crippen LogP contribution in [0.4, 0.5) is 0 Å². The summed E-state index contributed by atoms with van der Waals surface area (Å²) >= 11 is 0. The van der Waals surface area contributed by atoms with Crippen molar-refractivity contribution >= 4 is 43.6 Å². The van der Waals surface area contributed by atoms with E-state index in [0.29, 0.717) is 0 Å². The van der Waals surface area contributed by atoms with Crippen LogP contribution in [0.15, 0.2) is 255 Å². The molecule has 0 radical (unpaired) electrons. The Kier molecular flexibility index (Phi) is 8.86. The first-order valence-corrected chi connectivity index (χ1v) is 28.1. The van der Waals surface area contributed by atoms with Crippen molar-refractivity contribution in [3.05, 3.63) is 299 Å². The molecule has 0 aliphatic heterocycles. The van der Waals surface area contributed by atoms with Gasteiger partial charge in [-0.25, -0.2) is 0 Å². The summed E-state index contributed by atoms with van der Waals surface area (Å²) in [5.74, 6) is 0. The fourth-order valence-electron chi connectivity index (χ4n) is 14.8. The molecule has 4 aliphatic carbocycles. The molecule has 79 heavy (non-hydrogen) atoms. The number of aryl methyl sites for hydroxylation is 4. The molecule has 12 aromatic carbocycles. The topological polar surface area (TPSA) is 9.86 Å². The van der Waals surface area contributed by atoms with Gasteiger partial charge < -0.3 is 9.13 Å². The lowest BCUT2D eigenvalue weighted by molar-refractivity contribution is 0.791. The molecule has 0 saturated heterocycles. The van der Waals surface area contributed by atoms with Gasteiger partial charge in [-0.2, -0.15) is 0 Å². The van der Waals surface area contributed by atoms with Crippen LogP contribution in [-0.4, -0.2) is 9.13 Å². The van der Waals surface area contributed by atoms with Crippen LogP contribution in [0, 0.1) is 0 Å². The molecule has 14 aromatic rings. The molecule has 2 heteroatoms. The van der Waals surface area contributed by atoms with Gasteiger partial charge in [0.05, 0.1) is 27.5 Å². The average Bonchev–Trinajstić information content (AvgIpc) is 2.65. The van der Waals surface area contributed by atoms with E-state index in [2.05, 4.69) is 264 Å². The van der Waals surface area contributed by atoms with Crippen molar-refractivity contribution in [1.82, 2.24) is 9.13 Å². The molecule has 2 heterocycles. The van der Waals surface area contributed by atoms with Gasteiger partial charge in [0.2, 0.25) is 0 Å². The van der Waals surface area contributed by atoms with Gasteiger partial charge in [0.15, 0.2) is 0 Å². The third kappa shape index (κ3) is 6.06. The molecule has 2 nitrogen and oxygen atoms in total. The summed E-state index contributed by atoms with van der Waals surface area (Å²) in [5, 5.41) is 5.02. The summed E-state index contributed by atoms with van der Waals surface area (Å²) in [7, 11) is 0. The third-order valence-electron chi connectivity index (χ3n) is 18.7. The van der Waals surface area contributed by atoms with Gasteiger partial charge in [-0.15, -0.1) is 0 Å². The Labute approximate surface area is 458 Å². The van der Waals surface area contributed by atoms with E-state index >= 15 is 0 Å². The number of para-hydroxylation sites is 2. The number of hydrogen-bond acceptors (Lipinski definition) is 0. The Hall–Kier alpha value is -9.76. The van der Waals surface area contributed by atoms with Crippen LogP contribution < -0.4 is 0 Å². The Morgan fingerprint density at radius 3 is 1.04 bits per heavy atom. The van der Waals surface area contributed by atoms with E-state index in [1.165, 1.54) is 181 Å². The number of rotatable bonds is 6. The molecule has 1 spiro atoms. The van der Waals surface area contributed by atoms with Crippen LogP contribution in [-0.2, 0) is 31.1 Å². The first kappa shape index (κ1) is 43.4. The Bertz CT molecular complexity index is 4660. The minimum Gasteiger partial charge on any atom is -0.309 e. The zero-order valence-corrected chi connectivity index (χ0v) is 43.5. The fraction of sp³-hybridized carbons (Fsp3) is 0.0649. The Balaban J connectivity index is 0.799. The van der Waals surface area contributed by atoms with Crippen molar-refractivity contribution in [2.24, 2.45) is 0 Å². The lowest BCUT2D eigenvalue weighted by Gasteiger charge is -2.31. The monoisotopic (exact) mass is 1000 g/mol. The summed E-state index contributed by atoms with van der Waals surface area (Å²) in [6, 6.07) is 97.4. The minimum absolute atomic E-state index is 0.558. The molecule has 2 aromatic heterocycles. The molecule has 0 N–H and O–H groups in total. The molecule has 18 rings (SSSR count). The summed E-state index contributed by atoms with van der Waals surface area (Å²) in [4.78, 5) is 0. The molecule has 0 atom stereocenters. The average molecular weight is 1000 g/mol. The molecule has 4 aliphatic rings. The quantitative estimate of drug-likeness (QED) is 0.157. The molecule has 0 fully saturated rings. The zero-order chi connectivity index (χ0) is 51.5. The zero-order valence-electron chi connectivity index (χ0n) is 43.5. The largest absolute Gasteiger partial charge is 0.309 e. The number of fused-ring (bicyclic) bond motifs is 18. The summed E-state index contributed by atoms with van der Waals surface area (Å²) in [6.07, 6.45) is 4.77. The smallest absolute Gasteiger partial charge is 0.0727 e. The van der Waals surface area contributed by atoms with Crippen LogP contribution >= 0.6 is 0 Å². The van der Waals surface area contributed by atoms with Crippen LogP contribution in [0.3, 0.4) is 0 Å². The predicted molar refractivity (Wildman–Crippen MR) is 328 cm³/mol. The van der Waals surface area contributed by atoms with E-state index in [-0.39, 0.29) is 0 Å². The summed E-state index contributed by atoms with van der Waals surface area (Å²) < 4.78 is 5.02. The molecular formula is C77H50N2. The number of aromatic nitrogens is 2. The van der Waals surface area contributed by atoms with Crippen LogP contribution in [0.1, 0.15) is 44.5 Å². The van der Waals surface area contributed by atoms with Gasteiger partial charge in [-0.1, -0.05) is 182 Å². The Morgan fingerprint density at radius 2 is 0.595 bits per heavy atom. The highest BCUT2D eigenvalue weighted by Gasteiger charge is 2.52. The van der Waals surface area contributed by atoms with Crippen molar-refractivity contribution in [3.63, 3.8) is 0 Å². The standard InChI is InChI=1S/C77H50N2/c1-5-19-69-61(15-1)62-16-2-6-20-70(62)77(69)71-45-59(78-73-21-7-3-17-65(73)67-43-57(31-37-75(67)78)51-13-9-11-49(39-51)55-29-25-47-23-27-53(47)41-55)33-35-63(71)64-36-34-60(46-72(64)77)79-74-22-8-4-18-66(74)68-44-58(32-38-76(68)79)52-14-10-12-50(40-52)56-30-26-48-24-28-54(48)42-56/h1-22,25-26,29-46H,23-24,27-28H2. The molecule has 0 amide bonds. The van der Waals surface area contributed by atoms with E-state index in [0.717, 1.165) is 11.4 Å². The first-order valence-electron chi connectivity index (χ1n) is 28.1. The SMILES string of the molecule is c1cc(-c2ccc3c(c2)CC3)cc(-c2ccc3c(c2)c2ccccc2n3-c2ccc3c(c2)C2(c4ccccc4-c4ccccc42)c2cc(-n4c5ccccc5c5cc(-c6cccc(-c7ccc8c(c7)CC8)c6)ccc54)ccc2-3)c1. The van der Waals surface area contributed by atoms with Crippen LogP contribution in [0.5, 0.6) is 0 Å². The maximum absolute atomic E-state index is 2.53. The van der Waals surface area contributed by atoms with Crippen LogP contribution in [0.2, 0.25) is 0 Å². The fourth-order valence-corrected chi connectivity index (χ4v) is 14.8. The van der Waals surface area contributed by atoms with Crippen molar-refractivity contribution in [2.75, 3.05) is 0 Å². The van der Waals surface area contributed by atoms with E-state index < -0.39 is 5.41 Å². The lowest BCUT2D eigenvalue weighted by Crippen LogP contribution is -2.26. The van der Waals surface area contributed by atoms with Crippen molar-refractivity contribution < 1.29 is 0 Å². The molecule has 0 bridgehead atoms. The Morgan fingerprint density at radius 1 is 0.228 bits per heavy atom. The number of nitrogens with zero attached hydrogens (tertiary/aromatic N) is 2. The minimum atomic E-state index is -0.558. The number of hydrogen-bond donors (Lipinski definition) is 0. The van der Waals surface area contributed by atoms with E-state index in [4.69, 9.17) is 0 Å². The van der Waals surface area contributed by atoms with Crippen LogP contribution in [0.25, 0.3) is 122 Å².